The van der Waals surface area contributed by atoms with Crippen LogP contribution in [0.3, 0.4) is 0 Å². The molecule has 7 heteroatoms. The maximum absolute atomic E-state index is 13.2. The molecule has 0 aliphatic rings. The molecule has 1 amide bonds. The van der Waals surface area contributed by atoms with Crippen LogP contribution in [-0.2, 0) is 9.53 Å². The van der Waals surface area contributed by atoms with Gasteiger partial charge >= 0.3 is 5.97 Å². The fourth-order valence-electron chi connectivity index (χ4n) is 2.59. The van der Waals surface area contributed by atoms with Gasteiger partial charge in [-0.05, 0) is 36.4 Å². The fourth-order valence-corrected chi connectivity index (χ4v) is 3.60. The summed E-state index contributed by atoms with van der Waals surface area (Å²) < 4.78 is 18.5. The van der Waals surface area contributed by atoms with E-state index in [4.69, 9.17) is 10.5 Å². The van der Waals surface area contributed by atoms with E-state index in [9.17, 15) is 19.2 Å². The number of halogens is 1. The number of carbonyl (C=O) groups is 2. The molecule has 5 nitrogen and oxygen atoms in total. The Bertz CT molecular complexity index is 1090. The van der Waals surface area contributed by atoms with Crippen LogP contribution >= 0.6 is 11.8 Å². The first-order valence-corrected chi connectivity index (χ1v) is 9.33. The second kappa shape index (κ2) is 9.04. The molecule has 0 radical (unpaired) electrons. The van der Waals surface area contributed by atoms with Crippen molar-refractivity contribution < 1.29 is 18.7 Å². The minimum absolute atomic E-state index is 0.221. The van der Waals surface area contributed by atoms with Crippen molar-refractivity contribution in [3.05, 3.63) is 95.3 Å². The first-order chi connectivity index (χ1) is 14.0. The van der Waals surface area contributed by atoms with E-state index in [1.807, 2.05) is 0 Å². The molecule has 0 aromatic heterocycles. The normalized spacial score (nSPS) is 11.3. The molecule has 0 aliphatic carbocycles. The minimum atomic E-state index is -1.35. The van der Waals surface area contributed by atoms with Crippen LogP contribution < -0.4 is 5.73 Å². The highest BCUT2D eigenvalue weighted by molar-refractivity contribution is 7.99. The van der Waals surface area contributed by atoms with Gasteiger partial charge in [-0.2, -0.15) is 5.26 Å². The van der Waals surface area contributed by atoms with E-state index in [0.717, 1.165) is 12.1 Å². The number of ether oxygens (including phenoxy) is 1. The van der Waals surface area contributed by atoms with Crippen LogP contribution in [0, 0.1) is 17.1 Å². The van der Waals surface area contributed by atoms with Crippen molar-refractivity contribution in [2.75, 3.05) is 0 Å². The van der Waals surface area contributed by atoms with E-state index in [-0.39, 0.29) is 11.1 Å². The lowest BCUT2D eigenvalue weighted by Crippen LogP contribution is -2.26. The molecule has 3 aromatic rings. The Balaban J connectivity index is 1.88. The predicted octanol–water partition coefficient (Wildman–Crippen LogP) is 4.23. The Kier molecular flexibility index (Phi) is 6.27. The minimum Gasteiger partial charge on any atom is -0.444 e. The molecule has 0 aliphatic heterocycles. The van der Waals surface area contributed by atoms with E-state index in [0.29, 0.717) is 15.4 Å². The molecule has 0 spiro atoms. The second-order valence-electron chi connectivity index (χ2n) is 5.95. The lowest BCUT2D eigenvalue weighted by molar-refractivity contribution is -0.127. The van der Waals surface area contributed by atoms with Gasteiger partial charge in [0.05, 0.1) is 11.1 Å². The molecule has 2 N–H and O–H groups in total. The Hall–Kier alpha value is -3.63. The van der Waals surface area contributed by atoms with E-state index in [1.54, 1.807) is 48.5 Å². The summed E-state index contributed by atoms with van der Waals surface area (Å²) in [7, 11) is 0. The average Bonchev–Trinajstić information content (AvgIpc) is 2.73. The number of carbonyl (C=O) groups excluding carboxylic acids is 2. The number of esters is 1. The summed E-state index contributed by atoms with van der Waals surface area (Å²) in [5, 5.41) is 9.27. The first-order valence-electron chi connectivity index (χ1n) is 8.51. The maximum atomic E-state index is 13.2. The van der Waals surface area contributed by atoms with Gasteiger partial charge in [0.15, 0.2) is 0 Å². The van der Waals surface area contributed by atoms with Crippen molar-refractivity contribution in [3.8, 4) is 6.07 Å². The van der Waals surface area contributed by atoms with Crippen molar-refractivity contribution in [1.82, 2.24) is 0 Å². The molecule has 144 valence electrons. The number of amides is 1. The van der Waals surface area contributed by atoms with E-state index < -0.39 is 23.8 Å². The molecule has 0 saturated heterocycles. The van der Waals surface area contributed by atoms with Crippen LogP contribution in [0.4, 0.5) is 4.39 Å². The smallest absolute Gasteiger partial charge is 0.340 e. The molecule has 0 heterocycles. The van der Waals surface area contributed by atoms with Gasteiger partial charge in [0, 0.05) is 15.4 Å². The third-order valence-electron chi connectivity index (χ3n) is 3.99. The number of hydrogen-bond donors (Lipinski definition) is 1. The molecule has 0 unspecified atom stereocenters. The van der Waals surface area contributed by atoms with Crippen molar-refractivity contribution in [2.45, 2.75) is 15.9 Å². The lowest BCUT2D eigenvalue weighted by atomic mass is 10.1. The number of nitrogens with two attached hydrogens (primary N) is 1. The zero-order valence-electron chi connectivity index (χ0n) is 15.0. The monoisotopic (exact) mass is 406 g/mol. The SMILES string of the molecule is N#Cc1ccccc1Sc1ccccc1C(=O)O[C@H](C(N)=O)c1ccc(F)cc1. The number of benzene rings is 3. The van der Waals surface area contributed by atoms with Crippen molar-refractivity contribution in [1.29, 1.82) is 5.26 Å². The molecular weight excluding hydrogens is 391 g/mol. The van der Waals surface area contributed by atoms with E-state index in [2.05, 4.69) is 6.07 Å². The molecule has 1 atom stereocenters. The maximum Gasteiger partial charge on any atom is 0.340 e. The summed E-state index contributed by atoms with van der Waals surface area (Å²) in [4.78, 5) is 25.8. The summed E-state index contributed by atoms with van der Waals surface area (Å²) in [6.07, 6.45) is -1.35. The fraction of sp³-hybridized carbons (Fsp3) is 0.0455. The summed E-state index contributed by atoms with van der Waals surface area (Å²) >= 11 is 1.24. The molecular formula is C22H15FN2O3S. The largest absolute Gasteiger partial charge is 0.444 e. The number of primary amides is 1. The third kappa shape index (κ3) is 4.81. The van der Waals surface area contributed by atoms with E-state index >= 15 is 0 Å². The van der Waals surface area contributed by atoms with Crippen LogP contribution in [0.25, 0.3) is 0 Å². The molecule has 0 bridgehead atoms. The van der Waals surface area contributed by atoms with Gasteiger partial charge in [-0.15, -0.1) is 0 Å². The van der Waals surface area contributed by atoms with Gasteiger partial charge < -0.3 is 10.5 Å². The predicted molar refractivity (Wildman–Crippen MR) is 105 cm³/mol. The molecule has 0 fully saturated rings. The standard InChI is InChI=1S/C22H15FN2O3S/c23-16-11-9-14(10-12-16)20(21(25)26)28-22(27)17-6-2-4-8-19(17)29-18-7-3-1-5-15(18)13-24/h1-12,20H,(H2,25,26)/t20-/m0/s1. The average molecular weight is 406 g/mol. The third-order valence-corrected chi connectivity index (χ3v) is 5.14. The van der Waals surface area contributed by atoms with Gasteiger partial charge in [0.25, 0.3) is 5.91 Å². The zero-order valence-corrected chi connectivity index (χ0v) is 15.9. The quantitative estimate of drug-likeness (QED) is 0.618. The summed E-state index contributed by atoms with van der Waals surface area (Å²) in [5.41, 5.74) is 6.35. The Labute approximate surface area is 170 Å². The van der Waals surface area contributed by atoms with Gasteiger partial charge in [-0.1, -0.05) is 48.2 Å². The summed E-state index contributed by atoms with van der Waals surface area (Å²) in [6, 6.07) is 20.8. The summed E-state index contributed by atoms with van der Waals surface area (Å²) in [5.74, 6) is -2.11. The van der Waals surface area contributed by atoms with Gasteiger partial charge in [0.1, 0.15) is 11.9 Å². The van der Waals surface area contributed by atoms with Crippen LogP contribution in [0.5, 0.6) is 0 Å². The Morgan fingerprint density at radius 3 is 2.24 bits per heavy atom. The molecule has 0 saturated carbocycles. The first kappa shape index (κ1) is 20.1. The number of hydrogen-bond acceptors (Lipinski definition) is 5. The zero-order chi connectivity index (χ0) is 20.8. The highest BCUT2D eigenvalue weighted by Crippen LogP contribution is 2.33. The highest BCUT2D eigenvalue weighted by Gasteiger charge is 2.25. The number of rotatable bonds is 6. The van der Waals surface area contributed by atoms with E-state index in [1.165, 1.54) is 23.9 Å². The highest BCUT2D eigenvalue weighted by atomic mass is 32.2. The molecule has 29 heavy (non-hydrogen) atoms. The van der Waals surface area contributed by atoms with Gasteiger partial charge in [-0.25, -0.2) is 9.18 Å². The molecule has 3 aromatic carbocycles. The molecule has 3 rings (SSSR count). The number of nitrogens with zero attached hydrogens (tertiary/aromatic N) is 1. The van der Waals surface area contributed by atoms with Crippen molar-refractivity contribution in [3.63, 3.8) is 0 Å². The van der Waals surface area contributed by atoms with Crippen molar-refractivity contribution >= 4 is 23.6 Å². The second-order valence-corrected chi connectivity index (χ2v) is 7.03. The summed E-state index contributed by atoms with van der Waals surface area (Å²) in [6.45, 7) is 0. The van der Waals surface area contributed by atoms with Crippen LogP contribution in [-0.4, -0.2) is 11.9 Å². The van der Waals surface area contributed by atoms with Crippen LogP contribution in [0.2, 0.25) is 0 Å². The van der Waals surface area contributed by atoms with Gasteiger partial charge in [0.2, 0.25) is 6.10 Å². The lowest BCUT2D eigenvalue weighted by Gasteiger charge is -2.16. The Morgan fingerprint density at radius 2 is 1.59 bits per heavy atom. The van der Waals surface area contributed by atoms with Crippen LogP contribution in [0.1, 0.15) is 27.6 Å². The van der Waals surface area contributed by atoms with Crippen molar-refractivity contribution in [2.24, 2.45) is 5.73 Å². The van der Waals surface area contributed by atoms with Crippen LogP contribution in [0.15, 0.2) is 82.6 Å². The Morgan fingerprint density at radius 1 is 0.966 bits per heavy atom. The number of nitriles is 1. The van der Waals surface area contributed by atoms with Gasteiger partial charge in [-0.3, -0.25) is 4.79 Å². The topological polar surface area (TPSA) is 93.2 Å².